The van der Waals surface area contributed by atoms with Crippen LogP contribution >= 0.6 is 11.6 Å². The van der Waals surface area contributed by atoms with Crippen molar-refractivity contribution in [3.05, 3.63) is 64.2 Å². The zero-order valence-electron chi connectivity index (χ0n) is 16.2. The maximum Gasteiger partial charge on any atom is 0.246 e. The van der Waals surface area contributed by atoms with E-state index in [1.54, 1.807) is 12.1 Å². The summed E-state index contributed by atoms with van der Waals surface area (Å²) in [6.45, 7) is 2.65. The number of anilines is 1. The standard InChI is InChI=1S/C21H24ClN3O3S/c1-14-5-2-3-7-17(14)15-6-4-10-25(12-15)29(27,28)21(20(23)26)13-24-19-9-8-16(22)11-18(19)21/h2-3,5,7-9,11,15,24H,4,6,10,12-13H2,1H3,(H2,23,26). The third kappa shape index (κ3) is 3.12. The number of halogens is 1. The highest BCUT2D eigenvalue weighted by atomic mass is 35.5. The van der Waals surface area contributed by atoms with Gasteiger partial charge in [-0.15, -0.1) is 0 Å². The van der Waals surface area contributed by atoms with Gasteiger partial charge in [0.1, 0.15) is 0 Å². The van der Waals surface area contributed by atoms with E-state index in [-0.39, 0.29) is 12.5 Å². The first kappa shape index (κ1) is 20.2. The smallest absolute Gasteiger partial charge is 0.246 e. The number of nitrogens with one attached hydrogen (secondary N) is 1. The number of nitrogens with two attached hydrogens (primary N) is 1. The van der Waals surface area contributed by atoms with Crippen LogP contribution in [0.5, 0.6) is 0 Å². The molecule has 1 fully saturated rings. The number of carbonyl (C=O) groups excluding carboxylic acids is 1. The maximum atomic E-state index is 13.8. The van der Waals surface area contributed by atoms with Crippen molar-refractivity contribution in [1.29, 1.82) is 0 Å². The van der Waals surface area contributed by atoms with E-state index in [0.717, 1.165) is 24.0 Å². The van der Waals surface area contributed by atoms with Crippen LogP contribution in [0.25, 0.3) is 0 Å². The molecule has 0 aromatic heterocycles. The lowest BCUT2D eigenvalue weighted by Crippen LogP contribution is -2.56. The predicted octanol–water partition coefficient (Wildman–Crippen LogP) is 2.96. The summed E-state index contributed by atoms with van der Waals surface area (Å²) < 4.78 is 27.2. The topological polar surface area (TPSA) is 92.5 Å². The van der Waals surface area contributed by atoms with Gasteiger partial charge in [0.15, 0.2) is 0 Å². The SMILES string of the molecule is Cc1ccccc1C1CCCN(S(=O)(=O)C2(C(N)=O)CNc3ccc(Cl)cc32)C1. The molecule has 1 saturated heterocycles. The Hall–Kier alpha value is -2.09. The summed E-state index contributed by atoms with van der Waals surface area (Å²) in [4.78, 5) is 12.6. The Morgan fingerprint density at radius 2 is 2.03 bits per heavy atom. The third-order valence-corrected chi connectivity index (χ3v) is 8.83. The minimum Gasteiger partial charge on any atom is -0.382 e. The number of carbonyl (C=O) groups is 1. The number of aryl methyl sites for hydroxylation is 1. The number of nitrogens with zero attached hydrogens (tertiary/aromatic N) is 1. The van der Waals surface area contributed by atoms with E-state index in [0.29, 0.717) is 29.4 Å². The average Bonchev–Trinajstić information content (AvgIpc) is 3.09. The number of fused-ring (bicyclic) bond motifs is 1. The number of benzene rings is 2. The van der Waals surface area contributed by atoms with Crippen LogP contribution in [0.15, 0.2) is 42.5 Å². The summed E-state index contributed by atoms with van der Waals surface area (Å²) in [5.41, 5.74) is 8.92. The first-order valence-corrected chi connectivity index (χ1v) is 11.5. The predicted molar refractivity (Wildman–Crippen MR) is 114 cm³/mol. The van der Waals surface area contributed by atoms with Crippen LogP contribution in [0.1, 0.15) is 35.4 Å². The van der Waals surface area contributed by atoms with Gasteiger partial charge < -0.3 is 11.1 Å². The summed E-state index contributed by atoms with van der Waals surface area (Å²) in [6.07, 6.45) is 1.63. The maximum absolute atomic E-state index is 13.8. The van der Waals surface area contributed by atoms with Gasteiger partial charge in [-0.1, -0.05) is 35.9 Å². The number of hydrogen-bond acceptors (Lipinski definition) is 4. The molecular formula is C21H24ClN3O3S. The lowest BCUT2D eigenvalue weighted by atomic mass is 9.89. The van der Waals surface area contributed by atoms with Gasteiger partial charge in [0.2, 0.25) is 20.7 Å². The molecule has 0 bridgehead atoms. The lowest BCUT2D eigenvalue weighted by molar-refractivity contribution is -0.120. The fourth-order valence-corrected chi connectivity index (χ4v) is 6.89. The molecule has 2 atom stereocenters. The Labute approximate surface area is 176 Å². The molecular weight excluding hydrogens is 410 g/mol. The van der Waals surface area contributed by atoms with Crippen molar-refractivity contribution in [2.24, 2.45) is 5.73 Å². The first-order chi connectivity index (χ1) is 13.8. The first-order valence-electron chi connectivity index (χ1n) is 9.66. The highest BCUT2D eigenvalue weighted by Gasteiger charge is 2.58. The third-order valence-electron chi connectivity index (χ3n) is 6.14. The molecule has 2 heterocycles. The Balaban J connectivity index is 1.75. The molecule has 2 aliphatic rings. The van der Waals surface area contributed by atoms with Crippen LogP contribution in [-0.4, -0.2) is 38.3 Å². The van der Waals surface area contributed by atoms with E-state index in [2.05, 4.69) is 5.32 Å². The Kier molecular flexibility index (Phi) is 5.09. The monoisotopic (exact) mass is 433 g/mol. The number of amides is 1. The lowest BCUT2D eigenvalue weighted by Gasteiger charge is -2.38. The summed E-state index contributed by atoms with van der Waals surface area (Å²) in [7, 11) is -4.07. The zero-order valence-corrected chi connectivity index (χ0v) is 17.8. The van der Waals surface area contributed by atoms with Gasteiger partial charge in [-0.05, 0) is 55.0 Å². The van der Waals surface area contributed by atoms with E-state index < -0.39 is 20.7 Å². The summed E-state index contributed by atoms with van der Waals surface area (Å²) in [5.74, 6) is -0.804. The van der Waals surface area contributed by atoms with E-state index in [1.807, 2.05) is 31.2 Å². The highest BCUT2D eigenvalue weighted by Crippen LogP contribution is 2.45. The molecule has 2 aliphatic heterocycles. The number of piperidine rings is 1. The molecule has 0 radical (unpaired) electrons. The second-order valence-corrected chi connectivity index (χ2v) is 10.4. The fourth-order valence-electron chi connectivity index (χ4n) is 4.58. The summed E-state index contributed by atoms with van der Waals surface area (Å²) in [6, 6.07) is 12.9. The van der Waals surface area contributed by atoms with E-state index in [9.17, 15) is 13.2 Å². The molecule has 8 heteroatoms. The fraction of sp³-hybridized carbons (Fsp3) is 0.381. The normalized spacial score (nSPS) is 24.7. The molecule has 0 aliphatic carbocycles. The zero-order chi connectivity index (χ0) is 20.8. The van der Waals surface area contributed by atoms with Crippen LogP contribution in [0.3, 0.4) is 0 Å². The average molecular weight is 434 g/mol. The number of hydrogen-bond donors (Lipinski definition) is 2. The molecule has 3 N–H and O–H groups in total. The van der Waals surface area contributed by atoms with Crippen molar-refractivity contribution in [3.63, 3.8) is 0 Å². The van der Waals surface area contributed by atoms with Gasteiger partial charge in [0.05, 0.1) is 0 Å². The van der Waals surface area contributed by atoms with Crippen LogP contribution < -0.4 is 11.1 Å². The molecule has 1 amide bonds. The second-order valence-electron chi connectivity index (χ2n) is 7.79. The van der Waals surface area contributed by atoms with E-state index in [1.165, 1.54) is 10.4 Å². The minimum absolute atomic E-state index is 0.0813. The molecule has 154 valence electrons. The molecule has 2 aromatic rings. The van der Waals surface area contributed by atoms with Crippen molar-refractivity contribution in [2.75, 3.05) is 25.0 Å². The van der Waals surface area contributed by atoms with E-state index >= 15 is 0 Å². The van der Waals surface area contributed by atoms with Crippen LogP contribution in [0.2, 0.25) is 5.02 Å². The highest BCUT2D eigenvalue weighted by molar-refractivity contribution is 7.91. The van der Waals surface area contributed by atoms with Crippen LogP contribution in [0, 0.1) is 6.92 Å². The second kappa shape index (κ2) is 7.31. The summed E-state index contributed by atoms with van der Waals surface area (Å²) in [5, 5.41) is 3.40. The quantitative estimate of drug-likeness (QED) is 0.775. The van der Waals surface area contributed by atoms with Gasteiger partial charge in [-0.25, -0.2) is 12.7 Å². The molecule has 0 spiro atoms. The van der Waals surface area contributed by atoms with E-state index in [4.69, 9.17) is 17.3 Å². The molecule has 6 nitrogen and oxygen atoms in total. The van der Waals surface area contributed by atoms with Gasteiger partial charge in [0.25, 0.3) is 0 Å². The van der Waals surface area contributed by atoms with Crippen molar-refractivity contribution in [3.8, 4) is 0 Å². The van der Waals surface area contributed by atoms with Crippen molar-refractivity contribution < 1.29 is 13.2 Å². The number of rotatable bonds is 4. The number of primary amides is 1. The van der Waals surface area contributed by atoms with Gasteiger partial charge in [-0.3, -0.25) is 4.79 Å². The molecule has 4 rings (SSSR count). The van der Waals surface area contributed by atoms with Crippen molar-refractivity contribution in [2.45, 2.75) is 30.4 Å². The van der Waals surface area contributed by atoms with Gasteiger partial charge in [0, 0.05) is 35.9 Å². The van der Waals surface area contributed by atoms with Crippen molar-refractivity contribution >= 4 is 33.2 Å². The van der Waals surface area contributed by atoms with Crippen LogP contribution in [-0.2, 0) is 19.6 Å². The molecule has 29 heavy (non-hydrogen) atoms. The Morgan fingerprint density at radius 3 is 2.76 bits per heavy atom. The molecule has 2 aromatic carbocycles. The molecule has 0 saturated carbocycles. The Bertz CT molecular complexity index is 1070. The largest absolute Gasteiger partial charge is 0.382 e. The van der Waals surface area contributed by atoms with Crippen molar-refractivity contribution in [1.82, 2.24) is 4.31 Å². The molecule has 2 unspecified atom stereocenters. The minimum atomic E-state index is -4.07. The summed E-state index contributed by atoms with van der Waals surface area (Å²) >= 11 is 6.12. The van der Waals surface area contributed by atoms with Gasteiger partial charge in [-0.2, -0.15) is 0 Å². The Morgan fingerprint density at radius 1 is 1.28 bits per heavy atom. The van der Waals surface area contributed by atoms with Crippen LogP contribution in [0.4, 0.5) is 5.69 Å². The van der Waals surface area contributed by atoms with Gasteiger partial charge >= 0.3 is 0 Å². The number of sulfonamides is 1.